The molecule has 5 nitrogen and oxygen atoms in total. The summed E-state index contributed by atoms with van der Waals surface area (Å²) in [7, 11) is 1.61. The molecule has 1 saturated heterocycles. The van der Waals surface area contributed by atoms with Gasteiger partial charge in [-0.2, -0.15) is 0 Å². The van der Waals surface area contributed by atoms with Gasteiger partial charge in [0.1, 0.15) is 6.61 Å². The summed E-state index contributed by atoms with van der Waals surface area (Å²) in [4.78, 5) is 11.6. The van der Waals surface area contributed by atoms with E-state index < -0.39 is 0 Å². The van der Waals surface area contributed by atoms with E-state index in [0.29, 0.717) is 25.8 Å². The van der Waals surface area contributed by atoms with Crippen molar-refractivity contribution in [1.82, 2.24) is 10.6 Å². The van der Waals surface area contributed by atoms with Gasteiger partial charge in [0.15, 0.2) is 0 Å². The number of amides is 1. The van der Waals surface area contributed by atoms with E-state index in [1.54, 1.807) is 7.11 Å². The Morgan fingerprint density at radius 2 is 2.22 bits per heavy atom. The summed E-state index contributed by atoms with van der Waals surface area (Å²) in [6.45, 7) is 7.27. The van der Waals surface area contributed by atoms with Crippen LogP contribution < -0.4 is 10.6 Å². The number of hydrogen-bond acceptors (Lipinski definition) is 4. The third-order valence-corrected chi connectivity index (χ3v) is 3.50. The molecule has 18 heavy (non-hydrogen) atoms. The molecule has 1 heterocycles. The molecular formula is C13H26N2O3. The highest BCUT2D eigenvalue weighted by Gasteiger charge is 2.31. The zero-order chi connectivity index (χ0) is 13.4. The minimum atomic E-state index is -0.0609. The molecule has 1 aliphatic heterocycles. The van der Waals surface area contributed by atoms with Crippen LogP contribution in [0.3, 0.4) is 0 Å². The van der Waals surface area contributed by atoms with Gasteiger partial charge in [0, 0.05) is 19.7 Å². The van der Waals surface area contributed by atoms with Gasteiger partial charge in [-0.3, -0.25) is 4.79 Å². The highest BCUT2D eigenvalue weighted by atomic mass is 16.5. The predicted octanol–water partition coefficient (Wildman–Crippen LogP) is 0.544. The lowest BCUT2D eigenvalue weighted by molar-refractivity contribution is -0.126. The van der Waals surface area contributed by atoms with Crippen molar-refractivity contribution < 1.29 is 14.3 Å². The smallest absolute Gasteiger partial charge is 0.246 e. The van der Waals surface area contributed by atoms with E-state index in [1.807, 2.05) is 0 Å². The van der Waals surface area contributed by atoms with Gasteiger partial charge >= 0.3 is 0 Å². The molecule has 0 radical (unpaired) electrons. The molecule has 0 bridgehead atoms. The fraction of sp³-hybridized carbons (Fsp3) is 0.923. The lowest BCUT2D eigenvalue weighted by atomic mass is 9.77. The summed E-state index contributed by atoms with van der Waals surface area (Å²) in [6.07, 6.45) is 2.41. The van der Waals surface area contributed by atoms with Crippen molar-refractivity contribution in [1.29, 1.82) is 0 Å². The van der Waals surface area contributed by atoms with Crippen LogP contribution >= 0.6 is 0 Å². The maximum absolute atomic E-state index is 11.6. The summed E-state index contributed by atoms with van der Waals surface area (Å²) in [5.41, 5.74) is 0.239. The largest absolute Gasteiger partial charge is 0.382 e. The van der Waals surface area contributed by atoms with Crippen molar-refractivity contribution in [3.8, 4) is 0 Å². The van der Waals surface area contributed by atoms with Gasteiger partial charge in [0.25, 0.3) is 0 Å². The maximum Gasteiger partial charge on any atom is 0.246 e. The average molecular weight is 258 g/mol. The molecule has 1 unspecified atom stereocenters. The Morgan fingerprint density at radius 1 is 1.44 bits per heavy atom. The molecule has 1 fully saturated rings. The van der Waals surface area contributed by atoms with E-state index in [0.717, 1.165) is 6.54 Å². The van der Waals surface area contributed by atoms with Crippen molar-refractivity contribution in [3.05, 3.63) is 0 Å². The molecule has 1 amide bonds. The number of piperidine rings is 1. The molecule has 1 rings (SSSR count). The van der Waals surface area contributed by atoms with Crippen LogP contribution in [0.25, 0.3) is 0 Å². The Labute approximate surface area is 110 Å². The Morgan fingerprint density at radius 3 is 2.89 bits per heavy atom. The van der Waals surface area contributed by atoms with Gasteiger partial charge in [-0.05, 0) is 24.8 Å². The van der Waals surface area contributed by atoms with Crippen LogP contribution in [0.2, 0.25) is 0 Å². The number of ether oxygens (including phenoxy) is 2. The van der Waals surface area contributed by atoms with Crippen LogP contribution in [-0.4, -0.2) is 52.0 Å². The van der Waals surface area contributed by atoms with Crippen molar-refractivity contribution in [2.24, 2.45) is 5.41 Å². The van der Waals surface area contributed by atoms with E-state index in [2.05, 4.69) is 24.5 Å². The monoisotopic (exact) mass is 258 g/mol. The van der Waals surface area contributed by atoms with Gasteiger partial charge in [-0.1, -0.05) is 13.8 Å². The molecule has 0 aromatic carbocycles. The van der Waals surface area contributed by atoms with Crippen molar-refractivity contribution >= 4 is 5.91 Å². The molecule has 1 aliphatic rings. The molecule has 106 valence electrons. The molecular weight excluding hydrogens is 232 g/mol. The summed E-state index contributed by atoms with van der Waals surface area (Å²) < 4.78 is 10.0. The SMILES string of the molecule is COCCOCC(=O)NCC1NCCCC1(C)C. The quantitative estimate of drug-likeness (QED) is 0.655. The van der Waals surface area contributed by atoms with Gasteiger partial charge < -0.3 is 20.1 Å². The van der Waals surface area contributed by atoms with Crippen LogP contribution in [0.4, 0.5) is 0 Å². The predicted molar refractivity (Wildman–Crippen MR) is 70.5 cm³/mol. The Kier molecular flexibility index (Phi) is 6.60. The summed E-state index contributed by atoms with van der Waals surface area (Å²) in [6, 6.07) is 0.342. The average Bonchev–Trinajstić information content (AvgIpc) is 2.33. The number of hydrogen-bond donors (Lipinski definition) is 2. The number of carbonyl (C=O) groups is 1. The summed E-state index contributed by atoms with van der Waals surface area (Å²) in [5, 5.41) is 6.38. The fourth-order valence-electron chi connectivity index (χ4n) is 2.19. The summed E-state index contributed by atoms with van der Waals surface area (Å²) >= 11 is 0. The molecule has 5 heteroatoms. The lowest BCUT2D eigenvalue weighted by Gasteiger charge is -2.39. The molecule has 1 atom stereocenters. The maximum atomic E-state index is 11.6. The van der Waals surface area contributed by atoms with Crippen LogP contribution in [0.1, 0.15) is 26.7 Å². The highest BCUT2D eigenvalue weighted by Crippen LogP contribution is 2.29. The lowest BCUT2D eigenvalue weighted by Crippen LogP contribution is -2.53. The second-order valence-electron chi connectivity index (χ2n) is 5.45. The fourth-order valence-corrected chi connectivity index (χ4v) is 2.19. The highest BCUT2D eigenvalue weighted by molar-refractivity contribution is 5.77. The minimum Gasteiger partial charge on any atom is -0.382 e. The second-order valence-corrected chi connectivity index (χ2v) is 5.45. The van der Waals surface area contributed by atoms with E-state index in [9.17, 15) is 4.79 Å². The first-order valence-electron chi connectivity index (χ1n) is 6.63. The van der Waals surface area contributed by atoms with E-state index in [1.165, 1.54) is 12.8 Å². The Balaban J connectivity index is 2.17. The molecule has 0 spiro atoms. The zero-order valence-corrected chi connectivity index (χ0v) is 11.8. The number of methoxy groups -OCH3 is 1. The molecule has 2 N–H and O–H groups in total. The van der Waals surface area contributed by atoms with Gasteiger partial charge in [-0.25, -0.2) is 0 Å². The Hall–Kier alpha value is -0.650. The van der Waals surface area contributed by atoms with Crippen molar-refractivity contribution in [2.45, 2.75) is 32.7 Å². The minimum absolute atomic E-state index is 0.0609. The van der Waals surface area contributed by atoms with E-state index in [-0.39, 0.29) is 17.9 Å². The first-order chi connectivity index (χ1) is 8.56. The molecule has 0 aromatic rings. The van der Waals surface area contributed by atoms with Crippen LogP contribution in [0.15, 0.2) is 0 Å². The number of rotatable bonds is 7. The second kappa shape index (κ2) is 7.71. The molecule has 0 aliphatic carbocycles. The standard InChI is InChI=1S/C13H26N2O3/c1-13(2)5-4-6-14-11(13)9-15-12(16)10-18-8-7-17-3/h11,14H,4-10H2,1-3H3,(H,15,16). The van der Waals surface area contributed by atoms with Crippen LogP contribution in [-0.2, 0) is 14.3 Å². The van der Waals surface area contributed by atoms with Crippen molar-refractivity contribution in [2.75, 3.05) is 40.0 Å². The first-order valence-corrected chi connectivity index (χ1v) is 6.63. The third-order valence-electron chi connectivity index (χ3n) is 3.50. The first kappa shape index (κ1) is 15.4. The van der Waals surface area contributed by atoms with Crippen LogP contribution in [0, 0.1) is 5.41 Å². The summed E-state index contributed by atoms with van der Waals surface area (Å²) in [5.74, 6) is -0.0609. The van der Waals surface area contributed by atoms with Gasteiger partial charge in [0.2, 0.25) is 5.91 Å². The van der Waals surface area contributed by atoms with Crippen molar-refractivity contribution in [3.63, 3.8) is 0 Å². The zero-order valence-electron chi connectivity index (χ0n) is 11.8. The van der Waals surface area contributed by atoms with Gasteiger partial charge in [0.05, 0.1) is 13.2 Å². The van der Waals surface area contributed by atoms with Crippen LogP contribution in [0.5, 0.6) is 0 Å². The third kappa shape index (κ3) is 5.33. The molecule has 0 aromatic heterocycles. The Bertz CT molecular complexity index is 257. The van der Waals surface area contributed by atoms with E-state index >= 15 is 0 Å². The molecule has 0 saturated carbocycles. The number of carbonyl (C=O) groups excluding carboxylic acids is 1. The van der Waals surface area contributed by atoms with Gasteiger partial charge in [-0.15, -0.1) is 0 Å². The topological polar surface area (TPSA) is 59.6 Å². The normalized spacial score (nSPS) is 22.7. The number of nitrogens with one attached hydrogen (secondary N) is 2. The van der Waals surface area contributed by atoms with E-state index in [4.69, 9.17) is 9.47 Å².